The highest BCUT2D eigenvalue weighted by Crippen LogP contribution is 1.89. The first-order valence-electron chi connectivity index (χ1n) is 2.80. The number of amides is 2. The Morgan fingerprint density at radius 1 is 1.30 bits per heavy atom. The number of hydrogen-bond acceptors (Lipinski definition) is 2. The summed E-state index contributed by atoms with van der Waals surface area (Å²) >= 11 is 1.74. The molecule has 0 atom stereocenters. The van der Waals surface area contributed by atoms with E-state index in [1.54, 1.807) is 29.9 Å². The molecule has 0 aliphatic carbocycles. The minimum Gasteiger partial charge on any atom is -0.359 e. The number of nitrogens with one attached hydrogen (secondary N) is 2. The molecule has 0 aliphatic heterocycles. The Balaban J connectivity index is 3.35. The molecule has 0 saturated heterocycles. The Hall–Kier alpha value is -0.330. The van der Waals surface area contributed by atoms with Crippen molar-refractivity contribution in [2.45, 2.75) is 12.8 Å². The lowest BCUT2D eigenvalue weighted by Crippen LogP contribution is -2.20. The van der Waals surface area contributed by atoms with E-state index >= 15 is 0 Å². The molecule has 2 amide bonds. The van der Waals surface area contributed by atoms with Gasteiger partial charge in [0, 0.05) is 19.9 Å². The van der Waals surface area contributed by atoms with Gasteiger partial charge in [-0.15, -0.1) is 0 Å². The molecule has 0 bridgehead atoms. The SMILES string of the molecule is CNC(=O)CCC(=O)NI. The van der Waals surface area contributed by atoms with Gasteiger partial charge in [-0.05, 0) is 0 Å². The molecule has 0 radical (unpaired) electrons. The smallest absolute Gasteiger partial charge is 0.229 e. The highest BCUT2D eigenvalue weighted by atomic mass is 127. The lowest BCUT2D eigenvalue weighted by Gasteiger charge is -1.96. The summed E-state index contributed by atoms with van der Waals surface area (Å²) in [4.78, 5) is 21.1. The van der Waals surface area contributed by atoms with Crippen LogP contribution < -0.4 is 8.85 Å². The summed E-state index contributed by atoms with van der Waals surface area (Å²) in [6.07, 6.45) is 0.508. The predicted octanol–water partition coefficient (Wildman–Crippen LogP) is -0.0212. The van der Waals surface area contributed by atoms with Gasteiger partial charge in [0.25, 0.3) is 0 Å². The molecule has 0 rings (SSSR count). The van der Waals surface area contributed by atoms with Gasteiger partial charge in [-0.25, -0.2) is 0 Å². The molecular formula is C5H9IN2O2. The normalized spacial score (nSPS) is 8.60. The first-order chi connectivity index (χ1) is 4.70. The van der Waals surface area contributed by atoms with Gasteiger partial charge < -0.3 is 5.32 Å². The highest BCUT2D eigenvalue weighted by Gasteiger charge is 2.02. The predicted molar refractivity (Wildman–Crippen MR) is 45.5 cm³/mol. The lowest BCUT2D eigenvalue weighted by atomic mass is 10.3. The molecule has 0 aromatic heterocycles. The molecule has 4 nitrogen and oxygen atoms in total. The van der Waals surface area contributed by atoms with E-state index in [0.717, 1.165) is 0 Å². The quantitative estimate of drug-likeness (QED) is 0.550. The van der Waals surface area contributed by atoms with E-state index in [-0.39, 0.29) is 24.7 Å². The number of carbonyl (C=O) groups is 2. The largest absolute Gasteiger partial charge is 0.359 e. The van der Waals surface area contributed by atoms with Crippen LogP contribution in [0, 0.1) is 0 Å². The second kappa shape index (κ2) is 5.45. The van der Waals surface area contributed by atoms with Crippen molar-refractivity contribution in [1.29, 1.82) is 0 Å². The maximum atomic E-state index is 10.5. The first kappa shape index (κ1) is 9.67. The fraction of sp³-hybridized carbons (Fsp3) is 0.600. The van der Waals surface area contributed by atoms with Crippen molar-refractivity contribution in [3.63, 3.8) is 0 Å². The molecule has 0 fully saturated rings. The van der Waals surface area contributed by atoms with Crippen LogP contribution in [0.5, 0.6) is 0 Å². The fourth-order valence-electron chi connectivity index (χ4n) is 0.399. The summed E-state index contributed by atoms with van der Waals surface area (Å²) in [5, 5.41) is 2.42. The zero-order valence-electron chi connectivity index (χ0n) is 5.61. The average Bonchev–Trinajstić information content (AvgIpc) is 1.99. The van der Waals surface area contributed by atoms with E-state index in [1.807, 2.05) is 0 Å². The van der Waals surface area contributed by atoms with Crippen molar-refractivity contribution in [2.75, 3.05) is 7.05 Å². The number of halogens is 1. The van der Waals surface area contributed by atoms with Crippen LogP contribution in [0.1, 0.15) is 12.8 Å². The van der Waals surface area contributed by atoms with E-state index in [0.29, 0.717) is 0 Å². The fourth-order valence-corrected chi connectivity index (χ4v) is 0.669. The van der Waals surface area contributed by atoms with Gasteiger partial charge in [0.15, 0.2) is 0 Å². The molecule has 10 heavy (non-hydrogen) atoms. The van der Waals surface area contributed by atoms with Gasteiger partial charge in [0.2, 0.25) is 11.8 Å². The Bertz CT molecular complexity index is 122. The number of carbonyl (C=O) groups excluding carboxylic acids is 2. The van der Waals surface area contributed by atoms with Gasteiger partial charge in [0.05, 0.1) is 22.9 Å². The van der Waals surface area contributed by atoms with Crippen LogP contribution in [0.4, 0.5) is 0 Å². The maximum absolute atomic E-state index is 10.5. The molecule has 0 heterocycles. The van der Waals surface area contributed by atoms with E-state index in [2.05, 4.69) is 8.85 Å². The minimum atomic E-state index is -0.121. The Labute approximate surface area is 73.2 Å². The molecule has 0 saturated carbocycles. The van der Waals surface area contributed by atoms with Crippen molar-refractivity contribution in [1.82, 2.24) is 8.85 Å². The van der Waals surface area contributed by atoms with Gasteiger partial charge in [-0.1, -0.05) is 0 Å². The molecule has 0 spiro atoms. The van der Waals surface area contributed by atoms with Crippen LogP contribution in [-0.4, -0.2) is 18.9 Å². The zero-order valence-corrected chi connectivity index (χ0v) is 7.77. The van der Waals surface area contributed by atoms with E-state index in [4.69, 9.17) is 0 Å². The van der Waals surface area contributed by atoms with E-state index in [1.165, 1.54) is 0 Å². The van der Waals surface area contributed by atoms with Crippen LogP contribution >= 0.6 is 22.9 Å². The summed E-state index contributed by atoms with van der Waals surface area (Å²) < 4.78 is 2.40. The summed E-state index contributed by atoms with van der Waals surface area (Å²) in [6, 6.07) is 0. The second-order valence-electron chi connectivity index (χ2n) is 1.69. The Morgan fingerprint density at radius 2 is 1.80 bits per heavy atom. The van der Waals surface area contributed by atoms with Crippen molar-refractivity contribution in [3.05, 3.63) is 0 Å². The standard InChI is InChI=1S/C5H9IN2O2/c1-7-4(9)2-3-5(10)8-6/h2-3H2,1H3,(H,7,9)(H,8,10). The number of hydrogen-bond donors (Lipinski definition) is 2. The van der Waals surface area contributed by atoms with Crippen molar-refractivity contribution in [3.8, 4) is 0 Å². The molecular weight excluding hydrogens is 247 g/mol. The monoisotopic (exact) mass is 256 g/mol. The molecule has 0 aromatic carbocycles. The summed E-state index contributed by atoms with van der Waals surface area (Å²) in [6.45, 7) is 0. The van der Waals surface area contributed by atoms with Crippen LogP contribution in [-0.2, 0) is 9.59 Å². The second-order valence-corrected chi connectivity index (χ2v) is 2.23. The van der Waals surface area contributed by atoms with Crippen molar-refractivity contribution in [2.24, 2.45) is 0 Å². The number of rotatable bonds is 3. The molecule has 58 valence electrons. The maximum Gasteiger partial charge on any atom is 0.229 e. The summed E-state index contributed by atoms with van der Waals surface area (Å²) in [5.74, 6) is -0.232. The summed E-state index contributed by atoms with van der Waals surface area (Å²) in [7, 11) is 1.55. The molecule has 2 N–H and O–H groups in total. The third-order valence-corrected chi connectivity index (χ3v) is 1.56. The van der Waals surface area contributed by atoms with Crippen LogP contribution in [0.2, 0.25) is 0 Å². The molecule has 5 heteroatoms. The highest BCUT2D eigenvalue weighted by molar-refractivity contribution is 14.1. The zero-order chi connectivity index (χ0) is 7.98. The van der Waals surface area contributed by atoms with Crippen molar-refractivity contribution < 1.29 is 9.59 Å². The first-order valence-corrected chi connectivity index (χ1v) is 3.88. The minimum absolute atomic E-state index is 0.111. The Kier molecular flexibility index (Phi) is 5.27. The molecule has 0 unspecified atom stereocenters. The molecule has 0 aliphatic rings. The third kappa shape index (κ3) is 4.54. The van der Waals surface area contributed by atoms with E-state index < -0.39 is 0 Å². The van der Waals surface area contributed by atoms with Gasteiger partial charge >= 0.3 is 0 Å². The van der Waals surface area contributed by atoms with Gasteiger partial charge in [0.1, 0.15) is 0 Å². The summed E-state index contributed by atoms with van der Waals surface area (Å²) in [5.41, 5.74) is 0. The third-order valence-electron chi connectivity index (χ3n) is 0.963. The molecule has 0 aromatic rings. The van der Waals surface area contributed by atoms with Gasteiger partial charge in [-0.2, -0.15) is 0 Å². The lowest BCUT2D eigenvalue weighted by molar-refractivity contribution is -0.125. The van der Waals surface area contributed by atoms with Crippen LogP contribution in [0.15, 0.2) is 0 Å². The van der Waals surface area contributed by atoms with E-state index in [9.17, 15) is 9.59 Å². The van der Waals surface area contributed by atoms with Crippen molar-refractivity contribution >= 4 is 34.7 Å². The Morgan fingerprint density at radius 3 is 2.20 bits per heavy atom. The average molecular weight is 256 g/mol. The topological polar surface area (TPSA) is 58.2 Å². The van der Waals surface area contributed by atoms with Crippen LogP contribution in [0.25, 0.3) is 0 Å². The van der Waals surface area contributed by atoms with Gasteiger partial charge in [-0.3, -0.25) is 13.1 Å². The van der Waals surface area contributed by atoms with Crippen LogP contribution in [0.3, 0.4) is 0 Å².